The van der Waals surface area contributed by atoms with Crippen molar-refractivity contribution < 1.29 is 9.84 Å². The third kappa shape index (κ3) is 3.33. The van der Waals surface area contributed by atoms with Gasteiger partial charge < -0.3 is 9.84 Å². The molecular weight excluding hydrogens is 272 g/mol. The van der Waals surface area contributed by atoms with Gasteiger partial charge in [-0.25, -0.2) is 0 Å². The van der Waals surface area contributed by atoms with E-state index in [0.29, 0.717) is 16.3 Å². The predicted octanol–water partition coefficient (Wildman–Crippen LogP) is 4.38. The number of hydrogen-bond donors (Lipinski definition) is 1. The summed E-state index contributed by atoms with van der Waals surface area (Å²) < 4.78 is 5.29. The van der Waals surface area contributed by atoms with Crippen molar-refractivity contribution in [3.8, 4) is 5.75 Å². The second-order valence-corrected chi connectivity index (χ2v) is 5.22. The smallest absolute Gasteiger partial charge is 0.125 e. The SMILES string of the molecule is CCCc1ccc(C(O)c2cc(Cl)ccc2OC)cc1. The normalized spacial score (nSPS) is 12.2. The van der Waals surface area contributed by atoms with Crippen LogP contribution in [0.4, 0.5) is 0 Å². The van der Waals surface area contributed by atoms with Gasteiger partial charge in [-0.1, -0.05) is 49.2 Å². The Bertz CT molecular complexity index is 564. The largest absolute Gasteiger partial charge is 0.496 e. The molecule has 0 radical (unpaired) electrons. The van der Waals surface area contributed by atoms with Crippen molar-refractivity contribution in [2.45, 2.75) is 25.9 Å². The summed E-state index contributed by atoms with van der Waals surface area (Å²) in [6.07, 6.45) is 1.43. The van der Waals surface area contributed by atoms with Crippen LogP contribution in [-0.2, 0) is 6.42 Å². The van der Waals surface area contributed by atoms with Gasteiger partial charge in [0.15, 0.2) is 0 Å². The fourth-order valence-corrected chi connectivity index (χ4v) is 2.43. The first-order chi connectivity index (χ1) is 9.65. The van der Waals surface area contributed by atoms with E-state index in [1.807, 2.05) is 12.1 Å². The molecule has 0 saturated heterocycles. The maximum Gasteiger partial charge on any atom is 0.125 e. The molecule has 0 amide bonds. The summed E-state index contributed by atoms with van der Waals surface area (Å²) >= 11 is 6.01. The van der Waals surface area contributed by atoms with Gasteiger partial charge >= 0.3 is 0 Å². The summed E-state index contributed by atoms with van der Waals surface area (Å²) in [6.45, 7) is 2.15. The fraction of sp³-hybridized carbons (Fsp3) is 0.294. The Balaban J connectivity index is 2.30. The number of ether oxygens (including phenoxy) is 1. The van der Waals surface area contributed by atoms with Crippen molar-refractivity contribution >= 4 is 11.6 Å². The molecule has 2 aromatic carbocycles. The highest BCUT2D eigenvalue weighted by molar-refractivity contribution is 6.30. The molecule has 2 aromatic rings. The zero-order chi connectivity index (χ0) is 14.5. The molecule has 0 aromatic heterocycles. The molecule has 106 valence electrons. The van der Waals surface area contributed by atoms with E-state index in [0.717, 1.165) is 18.4 Å². The Morgan fingerprint density at radius 1 is 1.15 bits per heavy atom. The zero-order valence-electron chi connectivity index (χ0n) is 11.8. The second kappa shape index (κ2) is 6.78. The van der Waals surface area contributed by atoms with Gasteiger partial charge in [-0.15, -0.1) is 0 Å². The summed E-state index contributed by atoms with van der Waals surface area (Å²) in [5.74, 6) is 0.638. The summed E-state index contributed by atoms with van der Waals surface area (Å²) in [5, 5.41) is 11.1. The third-order valence-electron chi connectivity index (χ3n) is 3.32. The number of methoxy groups -OCH3 is 1. The topological polar surface area (TPSA) is 29.5 Å². The minimum absolute atomic E-state index is 0.586. The molecule has 0 aliphatic rings. The van der Waals surface area contributed by atoms with Crippen LogP contribution in [0.25, 0.3) is 0 Å². The lowest BCUT2D eigenvalue weighted by Gasteiger charge is -2.16. The van der Waals surface area contributed by atoms with Crippen LogP contribution in [0.1, 0.15) is 36.1 Å². The van der Waals surface area contributed by atoms with Crippen molar-refractivity contribution in [3.05, 3.63) is 64.2 Å². The zero-order valence-corrected chi connectivity index (χ0v) is 12.5. The lowest BCUT2D eigenvalue weighted by molar-refractivity contribution is 0.214. The molecule has 3 heteroatoms. The van der Waals surface area contributed by atoms with E-state index in [2.05, 4.69) is 19.1 Å². The molecule has 2 nitrogen and oxygen atoms in total. The highest BCUT2D eigenvalue weighted by atomic mass is 35.5. The molecular formula is C17H19ClO2. The second-order valence-electron chi connectivity index (χ2n) is 4.78. The van der Waals surface area contributed by atoms with Crippen LogP contribution in [0.2, 0.25) is 5.02 Å². The summed E-state index contributed by atoms with van der Waals surface area (Å²) in [4.78, 5) is 0. The van der Waals surface area contributed by atoms with Crippen LogP contribution in [0.5, 0.6) is 5.75 Å². The maximum atomic E-state index is 10.5. The number of rotatable bonds is 5. The first-order valence-electron chi connectivity index (χ1n) is 6.76. The number of aliphatic hydroxyl groups is 1. The molecule has 20 heavy (non-hydrogen) atoms. The molecule has 1 unspecified atom stereocenters. The van der Waals surface area contributed by atoms with Gasteiger partial charge in [0.1, 0.15) is 11.9 Å². The first kappa shape index (κ1) is 14.9. The van der Waals surface area contributed by atoms with Crippen molar-refractivity contribution in [1.29, 1.82) is 0 Å². The van der Waals surface area contributed by atoms with Gasteiger partial charge in [0.25, 0.3) is 0 Å². The molecule has 0 aliphatic carbocycles. The predicted molar refractivity (Wildman–Crippen MR) is 82.5 cm³/mol. The van der Waals surface area contributed by atoms with E-state index in [4.69, 9.17) is 16.3 Å². The van der Waals surface area contributed by atoms with E-state index >= 15 is 0 Å². The molecule has 1 atom stereocenters. The average molecular weight is 291 g/mol. The first-order valence-corrected chi connectivity index (χ1v) is 7.13. The van der Waals surface area contributed by atoms with Crippen LogP contribution in [-0.4, -0.2) is 12.2 Å². The minimum Gasteiger partial charge on any atom is -0.496 e. The van der Waals surface area contributed by atoms with Gasteiger partial charge in [-0.3, -0.25) is 0 Å². The van der Waals surface area contributed by atoms with Crippen LogP contribution < -0.4 is 4.74 Å². The highest BCUT2D eigenvalue weighted by Crippen LogP contribution is 2.32. The van der Waals surface area contributed by atoms with Crippen LogP contribution >= 0.6 is 11.6 Å². The molecule has 2 rings (SSSR count). The van der Waals surface area contributed by atoms with E-state index < -0.39 is 6.10 Å². The minimum atomic E-state index is -0.737. The Kier molecular flexibility index (Phi) is 5.05. The van der Waals surface area contributed by atoms with E-state index in [1.165, 1.54) is 5.56 Å². The van der Waals surface area contributed by atoms with Crippen molar-refractivity contribution in [3.63, 3.8) is 0 Å². The third-order valence-corrected chi connectivity index (χ3v) is 3.56. The highest BCUT2D eigenvalue weighted by Gasteiger charge is 2.15. The fourth-order valence-electron chi connectivity index (χ4n) is 2.25. The standard InChI is InChI=1S/C17H19ClO2/c1-3-4-12-5-7-13(8-6-12)17(19)15-11-14(18)9-10-16(15)20-2/h5-11,17,19H,3-4H2,1-2H3. The number of aliphatic hydroxyl groups excluding tert-OH is 1. The molecule has 0 bridgehead atoms. The van der Waals surface area contributed by atoms with Crippen LogP contribution in [0, 0.1) is 0 Å². The molecule has 0 fully saturated rings. The molecule has 0 aliphatic heterocycles. The van der Waals surface area contributed by atoms with E-state index in [-0.39, 0.29) is 0 Å². The Morgan fingerprint density at radius 2 is 1.85 bits per heavy atom. The molecule has 0 saturated carbocycles. The number of halogens is 1. The molecule has 0 heterocycles. The van der Waals surface area contributed by atoms with Crippen molar-refractivity contribution in [2.75, 3.05) is 7.11 Å². The quantitative estimate of drug-likeness (QED) is 0.885. The molecule has 0 spiro atoms. The van der Waals surface area contributed by atoms with Crippen molar-refractivity contribution in [2.24, 2.45) is 0 Å². The van der Waals surface area contributed by atoms with Gasteiger partial charge in [0.05, 0.1) is 7.11 Å². The van der Waals surface area contributed by atoms with Crippen molar-refractivity contribution in [1.82, 2.24) is 0 Å². The summed E-state index contributed by atoms with van der Waals surface area (Å²) in [6, 6.07) is 13.3. The van der Waals surface area contributed by atoms with Crippen LogP contribution in [0.15, 0.2) is 42.5 Å². The lowest BCUT2D eigenvalue weighted by Crippen LogP contribution is -2.02. The Hall–Kier alpha value is -1.51. The van der Waals surface area contributed by atoms with Gasteiger partial charge in [0.2, 0.25) is 0 Å². The van der Waals surface area contributed by atoms with E-state index in [9.17, 15) is 5.11 Å². The number of benzene rings is 2. The Morgan fingerprint density at radius 3 is 2.45 bits per heavy atom. The molecule has 1 N–H and O–H groups in total. The average Bonchev–Trinajstić information content (AvgIpc) is 2.47. The number of aryl methyl sites for hydroxylation is 1. The maximum absolute atomic E-state index is 10.5. The number of hydrogen-bond acceptors (Lipinski definition) is 2. The van der Waals surface area contributed by atoms with Gasteiger partial charge in [-0.2, -0.15) is 0 Å². The monoisotopic (exact) mass is 290 g/mol. The lowest BCUT2D eigenvalue weighted by atomic mass is 9.98. The van der Waals surface area contributed by atoms with E-state index in [1.54, 1.807) is 25.3 Å². The van der Waals surface area contributed by atoms with Gasteiger partial charge in [0, 0.05) is 10.6 Å². The summed E-state index contributed by atoms with van der Waals surface area (Å²) in [5.41, 5.74) is 2.80. The van der Waals surface area contributed by atoms with Gasteiger partial charge in [-0.05, 0) is 35.7 Å². The summed E-state index contributed by atoms with van der Waals surface area (Å²) in [7, 11) is 1.59. The van der Waals surface area contributed by atoms with Crippen LogP contribution in [0.3, 0.4) is 0 Å². The Labute approximate surface area is 125 Å².